The molecular weight excluding hydrogens is 298 g/mol. The summed E-state index contributed by atoms with van der Waals surface area (Å²) in [6.07, 6.45) is 2.62. The van der Waals surface area contributed by atoms with E-state index in [1.807, 2.05) is 0 Å². The standard InChI is InChI=1S/C12H19N3O5S/c1-8-10(12(16)17)11(14-13-8)21(18,19)15(2)7-9-5-3-4-6-20-9/h9H,3-7H2,1-2H3,(H,13,14)(H,16,17). The summed E-state index contributed by atoms with van der Waals surface area (Å²) in [7, 11) is -2.56. The fraction of sp³-hybridized carbons (Fsp3) is 0.667. The van der Waals surface area contributed by atoms with Crippen molar-refractivity contribution in [3.63, 3.8) is 0 Å². The molecule has 0 saturated carbocycles. The highest BCUT2D eigenvalue weighted by molar-refractivity contribution is 7.89. The predicted molar refractivity (Wildman–Crippen MR) is 73.7 cm³/mol. The van der Waals surface area contributed by atoms with Gasteiger partial charge in [0.15, 0.2) is 0 Å². The van der Waals surface area contributed by atoms with Gasteiger partial charge in [0, 0.05) is 25.9 Å². The molecule has 8 nitrogen and oxygen atoms in total. The lowest BCUT2D eigenvalue weighted by Crippen LogP contribution is -2.37. The topological polar surface area (TPSA) is 113 Å². The van der Waals surface area contributed by atoms with E-state index in [2.05, 4.69) is 10.2 Å². The Bertz CT molecular complexity index is 619. The quantitative estimate of drug-likeness (QED) is 0.822. The van der Waals surface area contributed by atoms with Crippen LogP contribution in [0.5, 0.6) is 0 Å². The molecule has 0 radical (unpaired) electrons. The van der Waals surface area contributed by atoms with E-state index >= 15 is 0 Å². The third-order valence-electron chi connectivity index (χ3n) is 3.52. The van der Waals surface area contributed by atoms with Gasteiger partial charge < -0.3 is 9.84 Å². The lowest BCUT2D eigenvalue weighted by Gasteiger charge is -2.26. The molecule has 1 aliphatic rings. The maximum Gasteiger partial charge on any atom is 0.340 e. The molecule has 21 heavy (non-hydrogen) atoms. The van der Waals surface area contributed by atoms with Crippen LogP contribution in [0.15, 0.2) is 5.03 Å². The summed E-state index contributed by atoms with van der Waals surface area (Å²) >= 11 is 0. The second-order valence-electron chi connectivity index (χ2n) is 5.11. The molecule has 1 atom stereocenters. The molecule has 2 rings (SSSR count). The average Bonchev–Trinajstić information content (AvgIpc) is 2.82. The maximum absolute atomic E-state index is 12.5. The number of nitrogens with zero attached hydrogens (tertiary/aromatic N) is 2. The number of carboxylic acids is 1. The number of rotatable bonds is 5. The van der Waals surface area contributed by atoms with E-state index in [9.17, 15) is 13.2 Å². The van der Waals surface area contributed by atoms with Crippen molar-refractivity contribution in [1.29, 1.82) is 0 Å². The van der Waals surface area contributed by atoms with Crippen molar-refractivity contribution in [2.75, 3.05) is 20.2 Å². The van der Waals surface area contributed by atoms with Gasteiger partial charge >= 0.3 is 5.97 Å². The third kappa shape index (κ3) is 3.25. The average molecular weight is 317 g/mol. The molecule has 2 N–H and O–H groups in total. The maximum atomic E-state index is 12.5. The summed E-state index contributed by atoms with van der Waals surface area (Å²) in [5.41, 5.74) is -0.102. The Morgan fingerprint density at radius 3 is 2.81 bits per heavy atom. The molecular formula is C12H19N3O5S. The normalized spacial score (nSPS) is 19.9. The van der Waals surface area contributed by atoms with Gasteiger partial charge in [-0.3, -0.25) is 5.10 Å². The van der Waals surface area contributed by atoms with Gasteiger partial charge in [-0.05, 0) is 26.2 Å². The number of hydrogen-bond donors (Lipinski definition) is 2. The van der Waals surface area contributed by atoms with Crippen molar-refractivity contribution in [1.82, 2.24) is 14.5 Å². The molecule has 1 saturated heterocycles. The lowest BCUT2D eigenvalue weighted by atomic mass is 10.1. The summed E-state index contributed by atoms with van der Waals surface area (Å²) in [4.78, 5) is 11.2. The Hall–Kier alpha value is -1.45. The summed E-state index contributed by atoms with van der Waals surface area (Å²) in [5.74, 6) is -1.32. The van der Waals surface area contributed by atoms with Crippen LogP contribution in [0, 0.1) is 6.92 Å². The number of carbonyl (C=O) groups is 1. The number of aromatic amines is 1. The van der Waals surface area contributed by atoms with Crippen molar-refractivity contribution in [2.24, 2.45) is 0 Å². The minimum Gasteiger partial charge on any atom is -0.478 e. The number of ether oxygens (including phenoxy) is 1. The van der Waals surface area contributed by atoms with E-state index in [0.717, 1.165) is 23.6 Å². The van der Waals surface area contributed by atoms with Crippen molar-refractivity contribution in [2.45, 2.75) is 37.3 Å². The Morgan fingerprint density at radius 2 is 2.24 bits per heavy atom. The lowest BCUT2D eigenvalue weighted by molar-refractivity contribution is 0.00856. The van der Waals surface area contributed by atoms with E-state index in [1.165, 1.54) is 14.0 Å². The number of hydrogen-bond acceptors (Lipinski definition) is 5. The first-order valence-electron chi connectivity index (χ1n) is 6.70. The molecule has 0 amide bonds. The van der Waals surface area contributed by atoms with Crippen LogP contribution in [0.1, 0.15) is 35.3 Å². The molecule has 0 spiro atoms. The molecule has 9 heteroatoms. The number of likely N-dealkylation sites (N-methyl/N-ethyl adjacent to an activating group) is 1. The number of sulfonamides is 1. The van der Waals surface area contributed by atoms with Crippen molar-refractivity contribution in [3.8, 4) is 0 Å². The van der Waals surface area contributed by atoms with Crippen LogP contribution in [-0.2, 0) is 14.8 Å². The summed E-state index contributed by atoms with van der Waals surface area (Å²) < 4.78 is 31.6. The molecule has 0 bridgehead atoms. The number of aromatic nitrogens is 2. The zero-order valence-corrected chi connectivity index (χ0v) is 12.8. The van der Waals surface area contributed by atoms with Crippen LogP contribution in [-0.4, -0.2) is 60.3 Å². The fourth-order valence-electron chi connectivity index (χ4n) is 2.33. The Labute approximate surface area is 123 Å². The van der Waals surface area contributed by atoms with Gasteiger partial charge in [0.05, 0.1) is 6.10 Å². The van der Waals surface area contributed by atoms with E-state index in [4.69, 9.17) is 9.84 Å². The second-order valence-corrected chi connectivity index (χ2v) is 7.07. The second kappa shape index (κ2) is 6.12. The molecule has 1 aromatic heterocycles. The summed E-state index contributed by atoms with van der Waals surface area (Å²) in [5, 5.41) is 14.7. The number of nitrogens with one attached hydrogen (secondary N) is 1. The molecule has 1 aromatic rings. The third-order valence-corrected chi connectivity index (χ3v) is 5.27. The Morgan fingerprint density at radius 1 is 1.52 bits per heavy atom. The smallest absolute Gasteiger partial charge is 0.340 e. The van der Waals surface area contributed by atoms with Crippen LogP contribution >= 0.6 is 0 Å². The van der Waals surface area contributed by atoms with Crippen molar-refractivity contribution in [3.05, 3.63) is 11.3 Å². The molecule has 2 heterocycles. The molecule has 0 aromatic carbocycles. The Kier molecular flexibility index (Phi) is 4.64. The van der Waals surface area contributed by atoms with Gasteiger partial charge in [-0.15, -0.1) is 0 Å². The van der Waals surface area contributed by atoms with Crippen molar-refractivity contribution < 1.29 is 23.1 Å². The number of carboxylic acid groups (broad SMARTS) is 1. The van der Waals surface area contributed by atoms with E-state index < -0.39 is 21.0 Å². The zero-order valence-electron chi connectivity index (χ0n) is 12.0. The predicted octanol–water partition coefficient (Wildman–Crippen LogP) is 0.606. The minimum atomic E-state index is -3.96. The number of H-pyrrole nitrogens is 1. The van der Waals surface area contributed by atoms with E-state index in [1.54, 1.807) is 0 Å². The van der Waals surface area contributed by atoms with Gasteiger partial charge in [0.2, 0.25) is 5.03 Å². The minimum absolute atomic E-state index is 0.160. The van der Waals surface area contributed by atoms with Crippen LogP contribution in [0.3, 0.4) is 0 Å². The highest BCUT2D eigenvalue weighted by Crippen LogP contribution is 2.21. The first kappa shape index (κ1) is 15.9. The molecule has 1 fully saturated rings. The molecule has 1 aliphatic heterocycles. The fourth-order valence-corrected chi connectivity index (χ4v) is 3.65. The van der Waals surface area contributed by atoms with Gasteiger partial charge in [-0.2, -0.15) is 9.40 Å². The van der Waals surface area contributed by atoms with Gasteiger partial charge in [0.1, 0.15) is 5.56 Å². The summed E-state index contributed by atoms with van der Waals surface area (Å²) in [6.45, 7) is 2.29. The number of aromatic carboxylic acids is 1. The first-order chi connectivity index (χ1) is 9.84. The summed E-state index contributed by atoms with van der Waals surface area (Å²) in [6, 6.07) is 0. The van der Waals surface area contributed by atoms with Gasteiger partial charge in [0.25, 0.3) is 10.0 Å². The van der Waals surface area contributed by atoms with Crippen LogP contribution in [0.2, 0.25) is 0 Å². The van der Waals surface area contributed by atoms with Crippen molar-refractivity contribution >= 4 is 16.0 Å². The number of aryl methyl sites for hydroxylation is 1. The SMILES string of the molecule is Cc1[nH]nc(S(=O)(=O)N(C)CC2CCCCO2)c1C(=O)O. The van der Waals surface area contributed by atoms with Crippen LogP contribution in [0.25, 0.3) is 0 Å². The van der Waals surface area contributed by atoms with Crippen LogP contribution in [0.4, 0.5) is 0 Å². The van der Waals surface area contributed by atoms with Gasteiger partial charge in [-0.25, -0.2) is 13.2 Å². The Balaban J connectivity index is 2.22. The molecule has 0 aliphatic carbocycles. The van der Waals surface area contributed by atoms with Gasteiger partial charge in [-0.1, -0.05) is 0 Å². The highest BCUT2D eigenvalue weighted by Gasteiger charge is 2.32. The van der Waals surface area contributed by atoms with E-state index in [-0.39, 0.29) is 23.9 Å². The van der Waals surface area contributed by atoms with E-state index in [0.29, 0.717) is 6.61 Å². The molecule has 118 valence electrons. The largest absolute Gasteiger partial charge is 0.478 e. The van der Waals surface area contributed by atoms with Crippen LogP contribution < -0.4 is 0 Å². The monoisotopic (exact) mass is 317 g/mol. The zero-order chi connectivity index (χ0) is 15.6. The first-order valence-corrected chi connectivity index (χ1v) is 8.14. The molecule has 1 unspecified atom stereocenters. The highest BCUT2D eigenvalue weighted by atomic mass is 32.2.